The lowest BCUT2D eigenvalue weighted by Crippen LogP contribution is -2.32. The number of nitrogens with one attached hydrogen (secondary N) is 1. The van der Waals surface area contributed by atoms with Crippen molar-refractivity contribution in [2.75, 3.05) is 19.0 Å². The van der Waals surface area contributed by atoms with Gasteiger partial charge in [-0.15, -0.1) is 11.6 Å². The van der Waals surface area contributed by atoms with E-state index in [9.17, 15) is 9.59 Å². The van der Waals surface area contributed by atoms with E-state index < -0.39 is 0 Å². The zero-order valence-electron chi connectivity index (χ0n) is 16.4. The predicted octanol–water partition coefficient (Wildman–Crippen LogP) is 3.84. The van der Waals surface area contributed by atoms with E-state index in [4.69, 9.17) is 16.0 Å². The lowest BCUT2D eigenvalue weighted by molar-refractivity contribution is -0.132. The quantitative estimate of drug-likeness (QED) is 0.554. The number of halogens is 1. The standard InChI is InChI=1S/C19H32ClN3O3/c1-14(2)7-10-21-19(25)16-13-26-17(22-16)12-23(11-8-15(3)4)18(24)6-5-9-20/h13-15H,5-12H2,1-4H3,(H,21,25). The van der Waals surface area contributed by atoms with E-state index in [1.54, 1.807) is 4.90 Å². The van der Waals surface area contributed by atoms with Crippen LogP contribution in [-0.2, 0) is 11.3 Å². The molecule has 0 aromatic carbocycles. The SMILES string of the molecule is CC(C)CCNC(=O)c1coc(CN(CCC(C)C)C(=O)CCCCl)n1. The zero-order valence-corrected chi connectivity index (χ0v) is 17.1. The molecule has 1 heterocycles. The smallest absolute Gasteiger partial charge is 0.273 e. The van der Waals surface area contributed by atoms with E-state index in [1.165, 1.54) is 6.26 Å². The van der Waals surface area contributed by atoms with Crippen LogP contribution in [0.2, 0.25) is 0 Å². The van der Waals surface area contributed by atoms with Crippen molar-refractivity contribution in [3.8, 4) is 0 Å². The maximum atomic E-state index is 12.4. The molecule has 6 nitrogen and oxygen atoms in total. The molecule has 0 fully saturated rings. The summed E-state index contributed by atoms with van der Waals surface area (Å²) in [5, 5.41) is 2.83. The van der Waals surface area contributed by atoms with Gasteiger partial charge in [-0.05, 0) is 31.1 Å². The second-order valence-corrected chi connectivity index (χ2v) is 7.73. The molecular weight excluding hydrogens is 354 g/mol. The van der Waals surface area contributed by atoms with Crippen LogP contribution >= 0.6 is 11.6 Å². The van der Waals surface area contributed by atoms with Gasteiger partial charge in [-0.3, -0.25) is 9.59 Å². The number of rotatable bonds is 12. The zero-order chi connectivity index (χ0) is 19.5. The van der Waals surface area contributed by atoms with Crippen molar-refractivity contribution >= 4 is 23.4 Å². The Bertz CT molecular complexity index is 558. The molecular formula is C19H32ClN3O3. The molecule has 2 amide bonds. The first-order chi connectivity index (χ1) is 12.3. The number of aromatic nitrogens is 1. The molecule has 1 aromatic heterocycles. The van der Waals surface area contributed by atoms with Crippen LogP contribution in [0.15, 0.2) is 10.7 Å². The maximum absolute atomic E-state index is 12.4. The van der Waals surface area contributed by atoms with Gasteiger partial charge in [0.15, 0.2) is 5.69 Å². The summed E-state index contributed by atoms with van der Waals surface area (Å²) in [6.07, 6.45) is 4.22. The molecule has 0 bridgehead atoms. The van der Waals surface area contributed by atoms with Gasteiger partial charge in [0, 0.05) is 25.4 Å². The summed E-state index contributed by atoms with van der Waals surface area (Å²) in [5.74, 6) is 1.64. The molecule has 1 aromatic rings. The minimum absolute atomic E-state index is 0.0347. The number of amides is 2. The average molecular weight is 386 g/mol. The van der Waals surface area contributed by atoms with Gasteiger partial charge in [0.25, 0.3) is 5.91 Å². The summed E-state index contributed by atoms with van der Waals surface area (Å²) in [5.41, 5.74) is 0.251. The fourth-order valence-corrected chi connectivity index (χ4v) is 2.43. The van der Waals surface area contributed by atoms with E-state index in [1.807, 2.05) is 0 Å². The Labute approximate surface area is 161 Å². The summed E-state index contributed by atoms with van der Waals surface area (Å²) in [4.78, 5) is 30.4. The maximum Gasteiger partial charge on any atom is 0.273 e. The molecule has 7 heteroatoms. The number of oxazole rings is 1. The average Bonchev–Trinajstić information content (AvgIpc) is 3.04. The van der Waals surface area contributed by atoms with Crippen LogP contribution in [0.5, 0.6) is 0 Å². The summed E-state index contributed by atoms with van der Waals surface area (Å²) in [6.45, 7) is 9.96. The molecule has 0 radical (unpaired) electrons. The van der Waals surface area contributed by atoms with Gasteiger partial charge in [0.1, 0.15) is 6.26 Å². The van der Waals surface area contributed by atoms with E-state index >= 15 is 0 Å². The molecule has 1 rings (SSSR count). The highest BCUT2D eigenvalue weighted by atomic mass is 35.5. The van der Waals surface area contributed by atoms with Crippen molar-refractivity contribution in [2.24, 2.45) is 11.8 Å². The van der Waals surface area contributed by atoms with Crippen LogP contribution in [0.3, 0.4) is 0 Å². The number of nitrogens with zero attached hydrogens (tertiary/aromatic N) is 2. The van der Waals surface area contributed by atoms with E-state index in [2.05, 4.69) is 38.0 Å². The Morgan fingerprint density at radius 1 is 1.23 bits per heavy atom. The van der Waals surface area contributed by atoms with E-state index in [0.29, 0.717) is 49.5 Å². The van der Waals surface area contributed by atoms with Crippen LogP contribution in [-0.4, -0.2) is 40.7 Å². The summed E-state index contributed by atoms with van der Waals surface area (Å²) in [7, 11) is 0. The number of hydrogen-bond acceptors (Lipinski definition) is 4. The summed E-state index contributed by atoms with van der Waals surface area (Å²) >= 11 is 5.69. The Morgan fingerprint density at radius 2 is 1.92 bits per heavy atom. The minimum Gasteiger partial charge on any atom is -0.446 e. The van der Waals surface area contributed by atoms with Crippen LogP contribution in [0.25, 0.3) is 0 Å². The molecule has 1 N–H and O–H groups in total. The molecule has 0 spiro atoms. The van der Waals surface area contributed by atoms with Crippen molar-refractivity contribution in [2.45, 2.75) is 59.9 Å². The van der Waals surface area contributed by atoms with E-state index in [-0.39, 0.29) is 24.1 Å². The first-order valence-corrected chi connectivity index (χ1v) is 9.93. The second-order valence-electron chi connectivity index (χ2n) is 7.36. The first-order valence-electron chi connectivity index (χ1n) is 9.39. The number of alkyl halides is 1. The van der Waals surface area contributed by atoms with Crippen molar-refractivity contribution in [3.63, 3.8) is 0 Å². The normalized spacial score (nSPS) is 11.2. The molecule has 0 saturated carbocycles. The fraction of sp³-hybridized carbons (Fsp3) is 0.737. The lowest BCUT2D eigenvalue weighted by atomic mass is 10.1. The molecule has 0 unspecified atom stereocenters. The minimum atomic E-state index is -0.247. The molecule has 0 aliphatic carbocycles. The van der Waals surface area contributed by atoms with Crippen molar-refractivity contribution < 1.29 is 14.0 Å². The highest BCUT2D eigenvalue weighted by molar-refractivity contribution is 6.17. The lowest BCUT2D eigenvalue weighted by Gasteiger charge is -2.22. The Hall–Kier alpha value is -1.56. The highest BCUT2D eigenvalue weighted by Crippen LogP contribution is 2.11. The van der Waals surface area contributed by atoms with E-state index in [0.717, 1.165) is 12.8 Å². The third kappa shape index (κ3) is 8.70. The monoisotopic (exact) mass is 385 g/mol. The number of carbonyl (C=O) groups is 2. The molecule has 148 valence electrons. The van der Waals surface area contributed by atoms with Crippen LogP contribution in [0.1, 0.15) is 69.8 Å². The van der Waals surface area contributed by atoms with Gasteiger partial charge in [0.2, 0.25) is 11.8 Å². The second kappa shape index (κ2) is 11.9. The Morgan fingerprint density at radius 3 is 2.54 bits per heavy atom. The van der Waals surface area contributed by atoms with Gasteiger partial charge in [0.05, 0.1) is 6.54 Å². The van der Waals surface area contributed by atoms with Crippen molar-refractivity contribution in [3.05, 3.63) is 17.8 Å². The number of hydrogen-bond donors (Lipinski definition) is 1. The summed E-state index contributed by atoms with van der Waals surface area (Å²) < 4.78 is 5.41. The molecule has 26 heavy (non-hydrogen) atoms. The Balaban J connectivity index is 2.65. The van der Waals surface area contributed by atoms with Crippen LogP contribution in [0.4, 0.5) is 0 Å². The molecule has 0 atom stereocenters. The Kier molecular flexibility index (Phi) is 10.3. The molecule has 0 saturated heterocycles. The highest BCUT2D eigenvalue weighted by Gasteiger charge is 2.18. The topological polar surface area (TPSA) is 75.4 Å². The third-order valence-corrected chi connectivity index (χ3v) is 4.24. The first kappa shape index (κ1) is 22.5. The molecule has 0 aliphatic rings. The third-order valence-electron chi connectivity index (χ3n) is 3.97. The summed E-state index contributed by atoms with van der Waals surface area (Å²) in [6, 6.07) is 0. The van der Waals surface area contributed by atoms with Crippen molar-refractivity contribution in [1.82, 2.24) is 15.2 Å². The van der Waals surface area contributed by atoms with Gasteiger partial charge < -0.3 is 14.6 Å². The van der Waals surface area contributed by atoms with Crippen molar-refractivity contribution in [1.29, 1.82) is 0 Å². The number of carbonyl (C=O) groups excluding carboxylic acids is 2. The molecule has 0 aliphatic heterocycles. The van der Waals surface area contributed by atoms with Gasteiger partial charge >= 0.3 is 0 Å². The van der Waals surface area contributed by atoms with Gasteiger partial charge in [-0.1, -0.05) is 27.7 Å². The van der Waals surface area contributed by atoms with Crippen LogP contribution in [0, 0.1) is 11.8 Å². The van der Waals surface area contributed by atoms with Crippen LogP contribution < -0.4 is 5.32 Å². The largest absolute Gasteiger partial charge is 0.446 e. The fourth-order valence-electron chi connectivity index (χ4n) is 2.30. The van der Waals surface area contributed by atoms with Gasteiger partial charge in [-0.2, -0.15) is 0 Å². The predicted molar refractivity (Wildman–Crippen MR) is 103 cm³/mol. The van der Waals surface area contributed by atoms with Gasteiger partial charge in [-0.25, -0.2) is 4.98 Å².